The van der Waals surface area contributed by atoms with Gasteiger partial charge in [0.1, 0.15) is 0 Å². The van der Waals surface area contributed by atoms with Crippen molar-refractivity contribution in [3.05, 3.63) is 64.2 Å². The van der Waals surface area contributed by atoms with E-state index in [1.807, 2.05) is 18.2 Å². The van der Waals surface area contributed by atoms with Crippen molar-refractivity contribution in [3.63, 3.8) is 0 Å². The van der Waals surface area contributed by atoms with E-state index >= 15 is 0 Å². The summed E-state index contributed by atoms with van der Waals surface area (Å²) < 4.78 is 5.77. The van der Waals surface area contributed by atoms with Crippen LogP contribution in [-0.2, 0) is 11.2 Å². The quantitative estimate of drug-likeness (QED) is 0.693. The average Bonchev–Trinajstić information content (AvgIpc) is 2.50. The fourth-order valence-corrected chi connectivity index (χ4v) is 2.77. The Kier molecular flexibility index (Phi) is 3.95. The van der Waals surface area contributed by atoms with Crippen molar-refractivity contribution >= 4 is 23.1 Å². The molecule has 21 heavy (non-hydrogen) atoms. The van der Waals surface area contributed by atoms with Gasteiger partial charge in [-0.1, -0.05) is 35.9 Å². The van der Waals surface area contributed by atoms with Crippen molar-refractivity contribution in [2.24, 2.45) is 0 Å². The number of ketones is 1. The summed E-state index contributed by atoms with van der Waals surface area (Å²) in [4.78, 5) is 12.4. The molecule has 0 fully saturated rings. The van der Waals surface area contributed by atoms with E-state index in [-0.39, 0.29) is 11.9 Å². The lowest BCUT2D eigenvalue weighted by molar-refractivity contribution is 0.0352. The van der Waals surface area contributed by atoms with Gasteiger partial charge >= 0.3 is 0 Å². The predicted octanol–water partition coefficient (Wildman–Crippen LogP) is 3.81. The number of fused-ring (bicyclic) bond motifs is 1. The van der Waals surface area contributed by atoms with E-state index in [0.29, 0.717) is 29.3 Å². The highest BCUT2D eigenvalue weighted by Crippen LogP contribution is 2.31. The molecule has 0 saturated carbocycles. The van der Waals surface area contributed by atoms with E-state index in [9.17, 15) is 4.79 Å². The molecule has 1 aliphatic heterocycles. The van der Waals surface area contributed by atoms with Gasteiger partial charge in [-0.25, -0.2) is 0 Å². The number of hydrogen-bond acceptors (Lipinski definition) is 3. The predicted molar refractivity (Wildman–Crippen MR) is 83.7 cm³/mol. The highest BCUT2D eigenvalue weighted by atomic mass is 35.5. The number of ether oxygens (including phenoxy) is 1. The normalized spacial score (nSPS) is 17.3. The van der Waals surface area contributed by atoms with Crippen LogP contribution in [0.3, 0.4) is 0 Å². The van der Waals surface area contributed by atoms with Crippen LogP contribution in [0.25, 0.3) is 0 Å². The molecule has 0 bridgehead atoms. The van der Waals surface area contributed by atoms with Gasteiger partial charge in [0.15, 0.2) is 5.78 Å². The molecule has 2 aromatic carbocycles. The standard InChI is InChI=1S/C17H16ClNO2/c18-14-6-5-12(9-15(14)19)16(20)10-17-13-4-2-1-3-11(13)7-8-21-17/h1-6,9,17H,7-8,10,19H2. The zero-order chi connectivity index (χ0) is 14.8. The van der Waals surface area contributed by atoms with E-state index < -0.39 is 0 Å². The summed E-state index contributed by atoms with van der Waals surface area (Å²) in [5.74, 6) is 0.0140. The van der Waals surface area contributed by atoms with Crippen molar-refractivity contribution in [2.75, 3.05) is 12.3 Å². The summed E-state index contributed by atoms with van der Waals surface area (Å²) in [6.07, 6.45) is 1.03. The number of nitrogens with two attached hydrogens (primary N) is 1. The molecule has 0 aliphatic carbocycles. The molecule has 0 saturated heterocycles. The molecule has 3 nitrogen and oxygen atoms in total. The molecule has 4 heteroatoms. The molecule has 3 rings (SSSR count). The monoisotopic (exact) mass is 301 g/mol. The maximum Gasteiger partial charge on any atom is 0.165 e. The van der Waals surface area contributed by atoms with Crippen LogP contribution < -0.4 is 5.73 Å². The molecule has 2 N–H and O–H groups in total. The number of carbonyl (C=O) groups excluding carboxylic acids is 1. The number of Topliss-reactive ketones (excluding diaryl/α,β-unsaturated/α-hetero) is 1. The fraction of sp³-hybridized carbons (Fsp3) is 0.235. The molecular formula is C17H16ClNO2. The van der Waals surface area contributed by atoms with Gasteiger partial charge in [-0.2, -0.15) is 0 Å². The third-order valence-electron chi connectivity index (χ3n) is 3.78. The lowest BCUT2D eigenvalue weighted by atomic mass is 9.93. The van der Waals surface area contributed by atoms with Gasteiger partial charge in [0, 0.05) is 12.0 Å². The van der Waals surface area contributed by atoms with Crippen molar-refractivity contribution < 1.29 is 9.53 Å². The molecule has 0 spiro atoms. The van der Waals surface area contributed by atoms with E-state index in [4.69, 9.17) is 22.1 Å². The minimum atomic E-state index is -0.181. The third kappa shape index (κ3) is 2.94. The Labute approximate surface area is 128 Å². The number of hydrogen-bond donors (Lipinski definition) is 1. The van der Waals surface area contributed by atoms with Crippen molar-refractivity contribution in [1.29, 1.82) is 0 Å². The van der Waals surface area contributed by atoms with Gasteiger partial charge in [0.2, 0.25) is 0 Å². The minimum absolute atomic E-state index is 0.0140. The molecule has 1 aliphatic rings. The van der Waals surface area contributed by atoms with Crippen molar-refractivity contribution in [3.8, 4) is 0 Å². The van der Waals surface area contributed by atoms with E-state index in [2.05, 4.69) is 6.07 Å². The van der Waals surface area contributed by atoms with E-state index in [0.717, 1.165) is 12.0 Å². The Morgan fingerprint density at radius 1 is 1.29 bits per heavy atom. The lowest BCUT2D eigenvalue weighted by Gasteiger charge is -2.25. The summed E-state index contributed by atoms with van der Waals surface area (Å²) in [5.41, 5.74) is 9.12. The van der Waals surface area contributed by atoms with Crippen LogP contribution >= 0.6 is 11.6 Å². The third-order valence-corrected chi connectivity index (χ3v) is 4.13. The molecular weight excluding hydrogens is 286 g/mol. The van der Waals surface area contributed by atoms with Gasteiger partial charge in [0.05, 0.1) is 23.4 Å². The summed E-state index contributed by atoms with van der Waals surface area (Å²) >= 11 is 5.88. The van der Waals surface area contributed by atoms with Crippen LogP contribution in [0.15, 0.2) is 42.5 Å². The zero-order valence-electron chi connectivity index (χ0n) is 11.5. The van der Waals surface area contributed by atoms with Crippen molar-refractivity contribution in [1.82, 2.24) is 0 Å². The van der Waals surface area contributed by atoms with E-state index in [1.54, 1.807) is 18.2 Å². The molecule has 0 amide bonds. The number of rotatable bonds is 3. The van der Waals surface area contributed by atoms with E-state index in [1.165, 1.54) is 5.56 Å². The maximum absolute atomic E-state index is 12.4. The summed E-state index contributed by atoms with van der Waals surface area (Å²) in [7, 11) is 0. The SMILES string of the molecule is Nc1cc(C(=O)CC2OCCc3ccccc32)ccc1Cl. The molecule has 1 atom stereocenters. The van der Waals surface area contributed by atoms with Crippen LogP contribution in [0, 0.1) is 0 Å². The molecule has 0 aromatic heterocycles. The van der Waals surface area contributed by atoms with Crippen molar-refractivity contribution in [2.45, 2.75) is 18.9 Å². The van der Waals surface area contributed by atoms with Gasteiger partial charge in [-0.15, -0.1) is 0 Å². The van der Waals surface area contributed by atoms with Gasteiger partial charge in [-0.05, 0) is 35.7 Å². The first-order valence-electron chi connectivity index (χ1n) is 6.93. The molecule has 2 aromatic rings. The number of anilines is 1. The number of halogens is 1. The first-order valence-corrected chi connectivity index (χ1v) is 7.30. The number of benzene rings is 2. The fourth-order valence-electron chi connectivity index (χ4n) is 2.65. The molecule has 0 radical (unpaired) electrons. The molecule has 1 unspecified atom stereocenters. The second-order valence-electron chi connectivity index (χ2n) is 5.17. The maximum atomic E-state index is 12.4. The highest BCUT2D eigenvalue weighted by molar-refractivity contribution is 6.33. The van der Waals surface area contributed by atoms with Gasteiger partial charge in [-0.3, -0.25) is 4.79 Å². The Hall–Kier alpha value is -1.84. The largest absolute Gasteiger partial charge is 0.398 e. The zero-order valence-corrected chi connectivity index (χ0v) is 12.3. The Morgan fingerprint density at radius 2 is 2.10 bits per heavy atom. The summed E-state index contributed by atoms with van der Waals surface area (Å²) in [6, 6.07) is 13.1. The topological polar surface area (TPSA) is 52.3 Å². The van der Waals surface area contributed by atoms with Crippen LogP contribution in [0.4, 0.5) is 5.69 Å². The minimum Gasteiger partial charge on any atom is -0.398 e. The van der Waals surface area contributed by atoms with Gasteiger partial charge in [0.25, 0.3) is 0 Å². The van der Waals surface area contributed by atoms with Crippen LogP contribution in [0.2, 0.25) is 5.02 Å². The Morgan fingerprint density at radius 3 is 2.90 bits per heavy atom. The smallest absolute Gasteiger partial charge is 0.165 e. The second kappa shape index (κ2) is 5.88. The van der Waals surface area contributed by atoms with Gasteiger partial charge < -0.3 is 10.5 Å². The lowest BCUT2D eigenvalue weighted by Crippen LogP contribution is -2.19. The Bertz CT molecular complexity index is 684. The molecule has 1 heterocycles. The number of nitrogen functional groups attached to an aromatic ring is 1. The van der Waals surface area contributed by atoms with Crippen LogP contribution in [-0.4, -0.2) is 12.4 Å². The number of carbonyl (C=O) groups is 1. The first kappa shape index (κ1) is 14.1. The second-order valence-corrected chi connectivity index (χ2v) is 5.58. The summed E-state index contributed by atoms with van der Waals surface area (Å²) in [5, 5.41) is 0.464. The van der Waals surface area contributed by atoms with Crippen LogP contribution in [0.5, 0.6) is 0 Å². The van der Waals surface area contributed by atoms with Crippen LogP contribution in [0.1, 0.15) is 34.0 Å². The Balaban J connectivity index is 1.81. The molecule has 108 valence electrons. The first-order chi connectivity index (χ1) is 10.1. The summed E-state index contributed by atoms with van der Waals surface area (Å²) in [6.45, 7) is 0.651. The average molecular weight is 302 g/mol. The highest BCUT2D eigenvalue weighted by Gasteiger charge is 2.23.